The van der Waals surface area contributed by atoms with Crippen molar-refractivity contribution in [1.29, 1.82) is 0 Å². The molecule has 1 unspecified atom stereocenters. The van der Waals surface area contributed by atoms with Crippen LogP contribution < -0.4 is 15.4 Å². The molecule has 9 nitrogen and oxygen atoms in total. The third-order valence-corrected chi connectivity index (χ3v) is 4.93. The van der Waals surface area contributed by atoms with Crippen molar-refractivity contribution in [2.45, 2.75) is 25.4 Å². The van der Waals surface area contributed by atoms with Crippen LogP contribution in [0.4, 0.5) is 10.5 Å². The zero-order chi connectivity index (χ0) is 20.9. The highest BCUT2D eigenvalue weighted by Crippen LogP contribution is 2.27. The number of amides is 2. The number of carbonyl (C=O) groups excluding carboxylic acids is 1. The number of carbonyl (C=O) groups is 1. The summed E-state index contributed by atoms with van der Waals surface area (Å²) in [6.45, 7) is 0.809. The summed E-state index contributed by atoms with van der Waals surface area (Å²) >= 11 is 5.89. The fraction of sp³-hybridized carbons (Fsp3) is 0.300. The molecule has 156 valence electrons. The number of rotatable bonds is 7. The van der Waals surface area contributed by atoms with E-state index in [1.807, 2.05) is 12.1 Å². The number of hydrogen-bond acceptors (Lipinski definition) is 6. The van der Waals surface area contributed by atoms with Gasteiger partial charge in [-0.05, 0) is 46.7 Å². The van der Waals surface area contributed by atoms with Crippen LogP contribution in [-0.4, -0.2) is 44.6 Å². The number of nitrogens with zero attached hydrogens (tertiary/aromatic N) is 4. The highest BCUT2D eigenvalue weighted by atomic mass is 35.5. The SMILES string of the molecule is O=C(Nc1ccc(Cl)cc1)NC(Cc1ccc2c(c1)CCO2)c1nnn(CCO)n1. The second kappa shape index (κ2) is 9.10. The van der Waals surface area contributed by atoms with Gasteiger partial charge in [-0.1, -0.05) is 23.7 Å². The van der Waals surface area contributed by atoms with E-state index in [2.05, 4.69) is 32.1 Å². The van der Waals surface area contributed by atoms with E-state index in [1.54, 1.807) is 24.3 Å². The number of nitrogens with one attached hydrogen (secondary N) is 2. The van der Waals surface area contributed by atoms with Gasteiger partial charge in [-0.2, -0.15) is 4.80 Å². The Morgan fingerprint density at radius 3 is 2.90 bits per heavy atom. The van der Waals surface area contributed by atoms with Gasteiger partial charge in [0.15, 0.2) is 5.82 Å². The van der Waals surface area contributed by atoms with Gasteiger partial charge in [0.25, 0.3) is 0 Å². The first-order valence-corrected chi connectivity index (χ1v) is 9.95. The Morgan fingerprint density at radius 2 is 2.10 bits per heavy atom. The average molecular weight is 429 g/mol. The molecule has 0 fully saturated rings. The van der Waals surface area contributed by atoms with Gasteiger partial charge in [-0.25, -0.2) is 4.79 Å². The van der Waals surface area contributed by atoms with Crippen molar-refractivity contribution in [3.63, 3.8) is 0 Å². The smallest absolute Gasteiger partial charge is 0.319 e. The molecule has 0 radical (unpaired) electrons. The highest BCUT2D eigenvalue weighted by molar-refractivity contribution is 6.30. The third-order valence-electron chi connectivity index (χ3n) is 4.68. The largest absolute Gasteiger partial charge is 0.493 e. The minimum atomic E-state index is -0.509. The first-order valence-electron chi connectivity index (χ1n) is 9.57. The molecule has 3 N–H and O–H groups in total. The fourth-order valence-corrected chi connectivity index (χ4v) is 3.37. The summed E-state index contributed by atoms with van der Waals surface area (Å²) in [7, 11) is 0. The van der Waals surface area contributed by atoms with Gasteiger partial charge >= 0.3 is 6.03 Å². The van der Waals surface area contributed by atoms with Crippen molar-refractivity contribution in [2.24, 2.45) is 0 Å². The normalized spacial score (nSPS) is 13.4. The maximum atomic E-state index is 12.6. The van der Waals surface area contributed by atoms with Gasteiger partial charge in [-0.15, -0.1) is 10.2 Å². The predicted octanol–water partition coefficient (Wildman–Crippen LogP) is 2.36. The van der Waals surface area contributed by atoms with Crippen LogP contribution in [0.1, 0.15) is 23.0 Å². The average Bonchev–Trinajstić information content (AvgIpc) is 3.38. The highest BCUT2D eigenvalue weighted by Gasteiger charge is 2.22. The second-order valence-electron chi connectivity index (χ2n) is 6.87. The van der Waals surface area contributed by atoms with Gasteiger partial charge in [0, 0.05) is 23.6 Å². The summed E-state index contributed by atoms with van der Waals surface area (Å²) in [5.41, 5.74) is 2.78. The first-order chi connectivity index (χ1) is 14.6. The third kappa shape index (κ3) is 4.87. The van der Waals surface area contributed by atoms with Crippen LogP contribution in [-0.2, 0) is 19.4 Å². The summed E-state index contributed by atoms with van der Waals surface area (Å²) < 4.78 is 5.56. The number of urea groups is 1. The van der Waals surface area contributed by atoms with Crippen molar-refractivity contribution >= 4 is 23.3 Å². The maximum absolute atomic E-state index is 12.6. The molecule has 2 aromatic carbocycles. The number of ether oxygens (including phenoxy) is 1. The molecule has 1 aliphatic heterocycles. The quantitative estimate of drug-likeness (QED) is 0.532. The van der Waals surface area contributed by atoms with Gasteiger partial charge in [0.1, 0.15) is 5.75 Å². The molecule has 0 aliphatic carbocycles. The Kier molecular flexibility index (Phi) is 6.10. The van der Waals surface area contributed by atoms with E-state index in [9.17, 15) is 4.79 Å². The number of hydrogen-bond donors (Lipinski definition) is 3. The molecule has 0 bridgehead atoms. The number of aliphatic hydroxyl groups is 1. The standard InChI is InChI=1S/C20H21ClN6O3/c21-15-2-4-16(5-3-15)22-20(29)23-17(19-24-26-27(25-19)8-9-28)12-13-1-6-18-14(11-13)7-10-30-18/h1-6,11,17,28H,7-10,12H2,(H2,22,23,29). The first kappa shape index (κ1) is 20.1. The molecule has 0 saturated carbocycles. The molecular weight excluding hydrogens is 408 g/mol. The number of halogens is 1. The summed E-state index contributed by atoms with van der Waals surface area (Å²) in [4.78, 5) is 13.9. The molecule has 0 spiro atoms. The number of aliphatic hydroxyl groups excluding tert-OH is 1. The van der Waals surface area contributed by atoms with Crippen LogP contribution in [0.5, 0.6) is 5.75 Å². The van der Waals surface area contributed by atoms with Crippen molar-refractivity contribution in [2.75, 3.05) is 18.5 Å². The lowest BCUT2D eigenvalue weighted by Crippen LogP contribution is -2.34. The fourth-order valence-electron chi connectivity index (χ4n) is 3.25. The van der Waals surface area contributed by atoms with Crippen molar-refractivity contribution < 1.29 is 14.6 Å². The summed E-state index contributed by atoms with van der Waals surface area (Å²) in [5.74, 6) is 1.27. The maximum Gasteiger partial charge on any atom is 0.319 e. The van der Waals surface area contributed by atoms with Gasteiger partial charge in [-0.3, -0.25) is 0 Å². The minimum absolute atomic E-state index is 0.101. The summed E-state index contributed by atoms with van der Waals surface area (Å²) in [6, 6.07) is 11.9. The Labute approximate surface area is 178 Å². The van der Waals surface area contributed by atoms with Crippen LogP contribution >= 0.6 is 11.6 Å². The van der Waals surface area contributed by atoms with Crippen LogP contribution in [0.2, 0.25) is 5.02 Å². The lowest BCUT2D eigenvalue weighted by atomic mass is 10.0. The zero-order valence-corrected chi connectivity index (χ0v) is 16.8. The molecule has 2 heterocycles. The molecule has 1 atom stereocenters. The Bertz CT molecular complexity index is 1020. The molecular formula is C20H21ClN6O3. The van der Waals surface area contributed by atoms with E-state index in [4.69, 9.17) is 21.4 Å². The van der Waals surface area contributed by atoms with E-state index in [0.29, 0.717) is 29.6 Å². The molecule has 1 aromatic heterocycles. The van der Waals surface area contributed by atoms with E-state index in [1.165, 1.54) is 4.80 Å². The monoisotopic (exact) mass is 428 g/mol. The lowest BCUT2D eigenvalue weighted by Gasteiger charge is -2.17. The Hall–Kier alpha value is -3.17. The van der Waals surface area contributed by atoms with Crippen LogP contribution in [0, 0.1) is 0 Å². The number of aromatic nitrogens is 4. The minimum Gasteiger partial charge on any atom is -0.493 e. The number of tetrazole rings is 1. The molecule has 4 rings (SSSR count). The topological polar surface area (TPSA) is 114 Å². The van der Waals surface area contributed by atoms with Crippen LogP contribution in [0.25, 0.3) is 0 Å². The Morgan fingerprint density at radius 1 is 1.27 bits per heavy atom. The predicted molar refractivity (Wildman–Crippen MR) is 111 cm³/mol. The number of fused-ring (bicyclic) bond motifs is 1. The van der Waals surface area contributed by atoms with E-state index in [-0.39, 0.29) is 13.2 Å². The van der Waals surface area contributed by atoms with Gasteiger partial charge in [0.2, 0.25) is 0 Å². The van der Waals surface area contributed by atoms with Crippen molar-refractivity contribution in [1.82, 2.24) is 25.5 Å². The number of anilines is 1. The van der Waals surface area contributed by atoms with E-state index < -0.39 is 12.1 Å². The summed E-state index contributed by atoms with van der Waals surface area (Å²) in [5, 5.41) is 27.7. The molecule has 1 aliphatic rings. The van der Waals surface area contributed by atoms with Gasteiger partial charge < -0.3 is 20.5 Å². The van der Waals surface area contributed by atoms with E-state index in [0.717, 1.165) is 23.3 Å². The van der Waals surface area contributed by atoms with Crippen LogP contribution in [0.3, 0.4) is 0 Å². The zero-order valence-electron chi connectivity index (χ0n) is 16.1. The molecule has 2 amide bonds. The second-order valence-corrected chi connectivity index (χ2v) is 7.31. The van der Waals surface area contributed by atoms with Gasteiger partial charge in [0.05, 0.1) is 25.8 Å². The molecule has 10 heteroatoms. The van der Waals surface area contributed by atoms with Crippen molar-refractivity contribution in [3.8, 4) is 5.75 Å². The molecule has 30 heavy (non-hydrogen) atoms. The molecule has 3 aromatic rings. The van der Waals surface area contributed by atoms with Crippen LogP contribution in [0.15, 0.2) is 42.5 Å². The lowest BCUT2D eigenvalue weighted by molar-refractivity contribution is 0.247. The summed E-state index contributed by atoms with van der Waals surface area (Å²) in [6.07, 6.45) is 1.34. The van der Waals surface area contributed by atoms with E-state index >= 15 is 0 Å². The number of benzene rings is 2. The Balaban J connectivity index is 1.51. The van der Waals surface area contributed by atoms with Crippen molar-refractivity contribution in [3.05, 3.63) is 64.4 Å². The molecule has 0 saturated heterocycles.